The molecule has 1 amide bonds. The predicted molar refractivity (Wildman–Crippen MR) is 72.6 cm³/mol. The number of carboxylic acid groups (broad SMARTS) is 1. The first-order valence-electron chi connectivity index (χ1n) is 6.70. The number of pyridine rings is 1. The molecule has 0 bridgehead atoms. The number of piperidine rings is 1. The van der Waals surface area contributed by atoms with Gasteiger partial charge in [-0.1, -0.05) is 13.0 Å². The van der Waals surface area contributed by atoms with Crippen LogP contribution in [0.1, 0.15) is 36.7 Å². The number of aliphatic carboxylic acids is 1. The molecule has 0 aromatic carbocycles. The van der Waals surface area contributed by atoms with Crippen molar-refractivity contribution in [2.45, 2.75) is 26.2 Å². The summed E-state index contributed by atoms with van der Waals surface area (Å²) in [6.07, 6.45) is 1.45. The fourth-order valence-corrected chi connectivity index (χ4v) is 2.60. The molecule has 20 heavy (non-hydrogen) atoms. The third-order valence-corrected chi connectivity index (χ3v) is 4.14. The van der Waals surface area contributed by atoms with Crippen LogP contribution in [0.4, 0.5) is 0 Å². The van der Waals surface area contributed by atoms with Crippen molar-refractivity contribution in [1.82, 2.24) is 9.88 Å². The Balaban J connectivity index is 2.09. The van der Waals surface area contributed by atoms with Crippen molar-refractivity contribution < 1.29 is 14.7 Å². The van der Waals surface area contributed by atoms with E-state index in [1.54, 1.807) is 11.0 Å². The summed E-state index contributed by atoms with van der Waals surface area (Å²) in [4.78, 5) is 38.9. The lowest BCUT2D eigenvalue weighted by Gasteiger charge is -2.38. The molecule has 0 unspecified atom stereocenters. The van der Waals surface area contributed by atoms with Gasteiger partial charge in [0.15, 0.2) is 0 Å². The van der Waals surface area contributed by atoms with Crippen LogP contribution in [-0.4, -0.2) is 40.0 Å². The van der Waals surface area contributed by atoms with E-state index >= 15 is 0 Å². The largest absolute Gasteiger partial charge is 0.481 e. The number of nitrogens with zero attached hydrogens (tertiary/aromatic N) is 1. The summed E-state index contributed by atoms with van der Waals surface area (Å²) in [5.41, 5.74) is -0.793. The third-order valence-electron chi connectivity index (χ3n) is 4.14. The first-order valence-corrected chi connectivity index (χ1v) is 6.70. The second-order valence-electron chi connectivity index (χ2n) is 5.16. The summed E-state index contributed by atoms with van der Waals surface area (Å²) >= 11 is 0. The van der Waals surface area contributed by atoms with Gasteiger partial charge in [-0.3, -0.25) is 14.4 Å². The summed E-state index contributed by atoms with van der Waals surface area (Å²) in [6, 6.07) is 4.44. The first-order chi connectivity index (χ1) is 9.48. The molecule has 108 valence electrons. The van der Waals surface area contributed by atoms with E-state index in [0.717, 1.165) is 0 Å². The summed E-state index contributed by atoms with van der Waals surface area (Å²) in [7, 11) is 0. The zero-order chi connectivity index (χ0) is 14.8. The molecule has 1 aromatic rings. The summed E-state index contributed by atoms with van der Waals surface area (Å²) in [5.74, 6) is -1.04. The molecule has 0 aliphatic carbocycles. The van der Waals surface area contributed by atoms with E-state index in [0.29, 0.717) is 32.4 Å². The molecule has 1 aliphatic heterocycles. The van der Waals surface area contributed by atoms with E-state index in [1.165, 1.54) is 12.1 Å². The van der Waals surface area contributed by atoms with E-state index < -0.39 is 11.4 Å². The molecule has 2 N–H and O–H groups in total. The molecule has 6 nitrogen and oxygen atoms in total. The zero-order valence-electron chi connectivity index (χ0n) is 11.4. The van der Waals surface area contributed by atoms with Crippen molar-refractivity contribution in [3.05, 3.63) is 34.2 Å². The van der Waals surface area contributed by atoms with Gasteiger partial charge in [-0.25, -0.2) is 0 Å². The average Bonchev–Trinajstić information content (AvgIpc) is 2.46. The maximum Gasteiger partial charge on any atom is 0.309 e. The van der Waals surface area contributed by atoms with Crippen LogP contribution in [0.25, 0.3) is 0 Å². The standard InChI is InChI=1S/C14H18N2O4/c1-2-14(13(19)20)6-8-16(9-7-14)12(18)10-4-3-5-11(17)15-10/h3-5H,2,6-9H2,1H3,(H,15,17)(H,19,20). The number of amides is 1. The highest BCUT2D eigenvalue weighted by Crippen LogP contribution is 2.35. The van der Waals surface area contributed by atoms with Crippen LogP contribution in [0.15, 0.2) is 23.0 Å². The molecule has 2 rings (SSSR count). The Kier molecular flexibility index (Phi) is 3.92. The minimum Gasteiger partial charge on any atom is -0.481 e. The predicted octanol–water partition coefficient (Wildman–Crippen LogP) is 1.09. The smallest absolute Gasteiger partial charge is 0.309 e. The summed E-state index contributed by atoms with van der Waals surface area (Å²) < 4.78 is 0. The normalized spacial score (nSPS) is 17.8. The Morgan fingerprint density at radius 1 is 1.35 bits per heavy atom. The van der Waals surface area contributed by atoms with Crippen molar-refractivity contribution in [3.63, 3.8) is 0 Å². The van der Waals surface area contributed by atoms with Gasteiger partial charge >= 0.3 is 5.97 Å². The summed E-state index contributed by atoms with van der Waals surface area (Å²) in [6.45, 7) is 2.66. The number of H-pyrrole nitrogens is 1. The van der Waals surface area contributed by atoms with Gasteiger partial charge in [0.05, 0.1) is 5.41 Å². The van der Waals surface area contributed by atoms with Crippen LogP contribution in [0.3, 0.4) is 0 Å². The van der Waals surface area contributed by atoms with Gasteiger partial charge < -0.3 is 15.0 Å². The molecule has 6 heteroatoms. The van der Waals surface area contributed by atoms with Crippen molar-refractivity contribution in [3.8, 4) is 0 Å². The molecule has 1 aromatic heterocycles. The molecule has 0 saturated carbocycles. The monoisotopic (exact) mass is 278 g/mol. The Hall–Kier alpha value is -2.11. The lowest BCUT2D eigenvalue weighted by molar-refractivity contribution is -0.152. The van der Waals surface area contributed by atoms with Gasteiger partial charge in [0, 0.05) is 19.2 Å². The van der Waals surface area contributed by atoms with Gasteiger partial charge in [0.25, 0.3) is 5.91 Å². The van der Waals surface area contributed by atoms with E-state index in [-0.39, 0.29) is 17.2 Å². The molecule has 1 saturated heterocycles. The van der Waals surface area contributed by atoms with Crippen molar-refractivity contribution in [2.75, 3.05) is 13.1 Å². The number of hydrogen-bond acceptors (Lipinski definition) is 3. The fourth-order valence-electron chi connectivity index (χ4n) is 2.60. The SMILES string of the molecule is CCC1(C(=O)O)CCN(C(=O)c2cccc(=O)[nH]2)CC1. The molecular weight excluding hydrogens is 260 g/mol. The molecule has 0 spiro atoms. The minimum absolute atomic E-state index is 0.247. The van der Waals surface area contributed by atoms with Crippen LogP contribution in [0.2, 0.25) is 0 Å². The highest BCUT2D eigenvalue weighted by atomic mass is 16.4. The number of carboxylic acids is 1. The van der Waals surface area contributed by atoms with Crippen LogP contribution in [0, 0.1) is 5.41 Å². The van der Waals surface area contributed by atoms with Crippen molar-refractivity contribution >= 4 is 11.9 Å². The number of likely N-dealkylation sites (tertiary alicyclic amines) is 1. The molecule has 2 heterocycles. The van der Waals surface area contributed by atoms with E-state index in [2.05, 4.69) is 4.98 Å². The lowest BCUT2D eigenvalue weighted by Crippen LogP contribution is -2.46. The topological polar surface area (TPSA) is 90.5 Å². The average molecular weight is 278 g/mol. The second-order valence-corrected chi connectivity index (χ2v) is 5.16. The number of aromatic nitrogens is 1. The quantitative estimate of drug-likeness (QED) is 0.866. The van der Waals surface area contributed by atoms with Crippen LogP contribution in [-0.2, 0) is 4.79 Å². The number of hydrogen-bond donors (Lipinski definition) is 2. The molecular formula is C14H18N2O4. The van der Waals surface area contributed by atoms with Gasteiger partial charge in [-0.2, -0.15) is 0 Å². The van der Waals surface area contributed by atoms with Crippen LogP contribution >= 0.6 is 0 Å². The van der Waals surface area contributed by atoms with Gasteiger partial charge in [-0.15, -0.1) is 0 Å². The Bertz CT molecular complexity index is 571. The minimum atomic E-state index is -0.791. The van der Waals surface area contributed by atoms with E-state index in [1.807, 2.05) is 6.92 Å². The molecule has 0 atom stereocenters. The number of nitrogens with one attached hydrogen (secondary N) is 1. The highest BCUT2D eigenvalue weighted by molar-refractivity contribution is 5.92. The van der Waals surface area contributed by atoms with E-state index in [4.69, 9.17) is 0 Å². The number of aromatic amines is 1. The van der Waals surface area contributed by atoms with Gasteiger partial charge in [0.2, 0.25) is 5.56 Å². The fraction of sp³-hybridized carbons (Fsp3) is 0.500. The number of carbonyl (C=O) groups excluding carboxylic acids is 1. The van der Waals surface area contributed by atoms with Crippen molar-refractivity contribution in [2.24, 2.45) is 5.41 Å². The maximum absolute atomic E-state index is 12.2. The first kappa shape index (κ1) is 14.3. The van der Waals surface area contributed by atoms with Crippen molar-refractivity contribution in [1.29, 1.82) is 0 Å². The maximum atomic E-state index is 12.2. The van der Waals surface area contributed by atoms with Crippen LogP contribution in [0.5, 0.6) is 0 Å². The lowest BCUT2D eigenvalue weighted by atomic mass is 9.76. The second kappa shape index (κ2) is 5.48. The Morgan fingerprint density at radius 2 is 2.00 bits per heavy atom. The van der Waals surface area contributed by atoms with Gasteiger partial charge in [0.1, 0.15) is 5.69 Å². The Morgan fingerprint density at radius 3 is 2.50 bits per heavy atom. The molecule has 1 fully saturated rings. The Labute approximate surface area is 116 Å². The molecule has 1 aliphatic rings. The third kappa shape index (κ3) is 2.59. The highest BCUT2D eigenvalue weighted by Gasteiger charge is 2.40. The molecule has 0 radical (unpaired) electrons. The number of rotatable bonds is 3. The zero-order valence-corrected chi connectivity index (χ0v) is 11.4. The van der Waals surface area contributed by atoms with Crippen LogP contribution < -0.4 is 5.56 Å². The van der Waals surface area contributed by atoms with Gasteiger partial charge in [-0.05, 0) is 25.3 Å². The van der Waals surface area contributed by atoms with E-state index in [9.17, 15) is 19.5 Å². The number of carbonyl (C=O) groups is 2. The summed E-state index contributed by atoms with van der Waals surface area (Å²) in [5, 5.41) is 9.32.